The van der Waals surface area contributed by atoms with Crippen molar-refractivity contribution in [3.63, 3.8) is 0 Å². The van der Waals surface area contributed by atoms with Gasteiger partial charge >= 0.3 is 0 Å². The Morgan fingerprint density at radius 3 is 2.61 bits per heavy atom. The number of aromatic nitrogens is 2. The van der Waals surface area contributed by atoms with Crippen molar-refractivity contribution in [3.8, 4) is 11.6 Å². The molecular weight excluding hydrogens is 250 g/mol. The molecule has 18 heavy (non-hydrogen) atoms. The zero-order chi connectivity index (χ0) is 13.1. The van der Waals surface area contributed by atoms with E-state index >= 15 is 0 Å². The van der Waals surface area contributed by atoms with Crippen LogP contribution in [0.3, 0.4) is 0 Å². The van der Waals surface area contributed by atoms with Crippen LogP contribution in [0.4, 0.5) is 5.69 Å². The van der Waals surface area contributed by atoms with E-state index in [9.17, 15) is 0 Å². The molecule has 1 aromatic carbocycles. The number of hydrogen-bond acceptors (Lipinski definition) is 4. The fourth-order valence-electron chi connectivity index (χ4n) is 1.45. The summed E-state index contributed by atoms with van der Waals surface area (Å²) in [5, 5.41) is 0.172. The largest absolute Gasteiger partial charge is 0.437 e. The lowest BCUT2D eigenvalue weighted by Crippen LogP contribution is -1.99. The number of para-hydroxylation sites is 2. The summed E-state index contributed by atoms with van der Waals surface area (Å²) in [7, 11) is 0. The number of halogens is 1. The molecule has 1 heterocycles. The van der Waals surface area contributed by atoms with Gasteiger partial charge in [-0.15, -0.1) is 0 Å². The zero-order valence-corrected chi connectivity index (χ0v) is 11.0. The lowest BCUT2D eigenvalue weighted by Gasteiger charge is -2.10. The van der Waals surface area contributed by atoms with Crippen molar-refractivity contribution in [2.75, 3.05) is 5.73 Å². The molecule has 2 rings (SSSR count). The first-order valence-electron chi connectivity index (χ1n) is 5.63. The second-order valence-corrected chi connectivity index (χ2v) is 4.53. The fraction of sp³-hybridized carbons (Fsp3) is 0.231. The van der Waals surface area contributed by atoms with E-state index in [1.807, 2.05) is 26.0 Å². The molecule has 2 aromatic rings. The van der Waals surface area contributed by atoms with Crippen LogP contribution in [0, 0.1) is 0 Å². The Morgan fingerprint density at radius 2 is 1.94 bits per heavy atom. The van der Waals surface area contributed by atoms with Crippen LogP contribution >= 0.6 is 11.6 Å². The number of ether oxygens (including phenoxy) is 1. The molecule has 0 unspecified atom stereocenters. The highest BCUT2D eigenvalue weighted by atomic mass is 35.5. The Bertz CT molecular complexity index is 558. The van der Waals surface area contributed by atoms with E-state index in [1.165, 1.54) is 0 Å². The number of hydrogen-bond donors (Lipinski definition) is 1. The molecule has 0 amide bonds. The van der Waals surface area contributed by atoms with E-state index in [0.29, 0.717) is 17.3 Å². The predicted molar refractivity (Wildman–Crippen MR) is 72.1 cm³/mol. The first-order chi connectivity index (χ1) is 8.56. The molecule has 0 fully saturated rings. The maximum absolute atomic E-state index is 5.87. The maximum atomic E-state index is 5.87. The van der Waals surface area contributed by atoms with Gasteiger partial charge in [0.05, 0.1) is 11.4 Å². The molecule has 0 aliphatic carbocycles. The van der Waals surface area contributed by atoms with Crippen molar-refractivity contribution < 1.29 is 4.74 Å². The molecular formula is C13H14ClN3O. The van der Waals surface area contributed by atoms with Crippen molar-refractivity contribution in [1.29, 1.82) is 0 Å². The minimum absolute atomic E-state index is 0.172. The second-order valence-electron chi connectivity index (χ2n) is 4.19. The van der Waals surface area contributed by atoms with Gasteiger partial charge in [-0.2, -0.15) is 4.98 Å². The van der Waals surface area contributed by atoms with Gasteiger partial charge < -0.3 is 10.5 Å². The van der Waals surface area contributed by atoms with Crippen molar-refractivity contribution >= 4 is 17.3 Å². The Hall–Kier alpha value is -1.81. The monoisotopic (exact) mass is 263 g/mol. The minimum atomic E-state index is 0.172. The molecule has 0 bridgehead atoms. The smallest absolute Gasteiger partial charge is 0.225 e. The third-order valence-corrected chi connectivity index (χ3v) is 2.59. The minimum Gasteiger partial charge on any atom is -0.437 e. The molecule has 1 aromatic heterocycles. The molecule has 0 saturated carbocycles. The first kappa shape index (κ1) is 12.6. The molecule has 0 spiro atoms. The fourth-order valence-corrected chi connectivity index (χ4v) is 1.63. The van der Waals surface area contributed by atoms with Gasteiger partial charge in [-0.1, -0.05) is 26.0 Å². The summed E-state index contributed by atoms with van der Waals surface area (Å²) in [5.41, 5.74) is 7.19. The van der Waals surface area contributed by atoms with Crippen LogP contribution in [-0.4, -0.2) is 9.97 Å². The van der Waals surface area contributed by atoms with E-state index in [-0.39, 0.29) is 11.2 Å². The van der Waals surface area contributed by atoms with E-state index in [4.69, 9.17) is 22.1 Å². The van der Waals surface area contributed by atoms with Gasteiger partial charge in [-0.25, -0.2) is 4.98 Å². The van der Waals surface area contributed by atoms with Gasteiger partial charge in [0.25, 0.3) is 0 Å². The first-order valence-corrected chi connectivity index (χ1v) is 6.01. The summed E-state index contributed by atoms with van der Waals surface area (Å²) in [6.07, 6.45) is 0. The van der Waals surface area contributed by atoms with Gasteiger partial charge in [0, 0.05) is 6.07 Å². The van der Waals surface area contributed by atoms with Crippen molar-refractivity contribution in [3.05, 3.63) is 41.3 Å². The Morgan fingerprint density at radius 1 is 1.22 bits per heavy atom. The van der Waals surface area contributed by atoms with Crippen LogP contribution in [0.2, 0.25) is 5.28 Å². The topological polar surface area (TPSA) is 61.0 Å². The Labute approximate surface area is 111 Å². The van der Waals surface area contributed by atoms with Gasteiger partial charge in [0.2, 0.25) is 11.2 Å². The summed E-state index contributed by atoms with van der Waals surface area (Å²) in [6.45, 7) is 4.05. The van der Waals surface area contributed by atoms with Gasteiger partial charge in [-0.3, -0.25) is 0 Å². The molecule has 0 radical (unpaired) electrons. The molecule has 4 nitrogen and oxygen atoms in total. The number of anilines is 1. The third-order valence-electron chi connectivity index (χ3n) is 2.42. The Kier molecular flexibility index (Phi) is 3.67. The Balaban J connectivity index is 2.32. The summed E-state index contributed by atoms with van der Waals surface area (Å²) >= 11 is 5.87. The highest BCUT2D eigenvalue weighted by Gasteiger charge is 2.09. The molecule has 94 valence electrons. The number of nitrogens with two attached hydrogens (primary N) is 1. The molecule has 5 heteroatoms. The van der Waals surface area contributed by atoms with Crippen LogP contribution < -0.4 is 10.5 Å². The average Bonchev–Trinajstić information content (AvgIpc) is 2.31. The summed E-state index contributed by atoms with van der Waals surface area (Å²) in [5.74, 6) is 1.21. The standard InChI is InChI=1S/C13H14ClN3O/c1-8(2)10-7-12(17-13(14)16-10)18-11-6-4-3-5-9(11)15/h3-8H,15H2,1-2H3. The zero-order valence-electron chi connectivity index (χ0n) is 10.2. The van der Waals surface area contributed by atoms with Crippen molar-refractivity contribution in [2.24, 2.45) is 0 Å². The SMILES string of the molecule is CC(C)c1cc(Oc2ccccc2N)nc(Cl)n1. The van der Waals surface area contributed by atoms with Crippen LogP contribution in [0.5, 0.6) is 11.6 Å². The third kappa shape index (κ3) is 2.90. The van der Waals surface area contributed by atoms with Crippen LogP contribution in [0.25, 0.3) is 0 Å². The van der Waals surface area contributed by atoms with Crippen molar-refractivity contribution in [1.82, 2.24) is 9.97 Å². The number of rotatable bonds is 3. The van der Waals surface area contributed by atoms with Gasteiger partial charge in [-0.05, 0) is 29.7 Å². The van der Waals surface area contributed by atoms with E-state index < -0.39 is 0 Å². The lowest BCUT2D eigenvalue weighted by molar-refractivity contribution is 0.462. The van der Waals surface area contributed by atoms with Crippen molar-refractivity contribution in [2.45, 2.75) is 19.8 Å². The van der Waals surface area contributed by atoms with E-state index in [0.717, 1.165) is 5.69 Å². The molecule has 0 aliphatic heterocycles. The molecule has 0 aliphatic rings. The quantitative estimate of drug-likeness (QED) is 0.679. The van der Waals surface area contributed by atoms with Gasteiger partial charge in [0.1, 0.15) is 0 Å². The van der Waals surface area contributed by atoms with Crippen LogP contribution in [0.1, 0.15) is 25.5 Å². The average molecular weight is 264 g/mol. The summed E-state index contributed by atoms with van der Waals surface area (Å²) < 4.78 is 5.62. The second kappa shape index (κ2) is 5.23. The highest BCUT2D eigenvalue weighted by molar-refractivity contribution is 6.28. The molecule has 0 atom stereocenters. The van der Waals surface area contributed by atoms with E-state index in [2.05, 4.69) is 9.97 Å². The normalized spacial score (nSPS) is 10.7. The highest BCUT2D eigenvalue weighted by Crippen LogP contribution is 2.27. The summed E-state index contributed by atoms with van der Waals surface area (Å²) in [6, 6.07) is 9.00. The molecule has 2 N–H and O–H groups in total. The van der Waals surface area contributed by atoms with Crippen LogP contribution in [-0.2, 0) is 0 Å². The lowest BCUT2D eigenvalue weighted by atomic mass is 10.1. The molecule has 0 saturated heterocycles. The predicted octanol–water partition coefficient (Wildman–Crippen LogP) is 3.63. The number of benzene rings is 1. The maximum Gasteiger partial charge on any atom is 0.225 e. The van der Waals surface area contributed by atoms with E-state index in [1.54, 1.807) is 18.2 Å². The number of nitrogens with zero attached hydrogens (tertiary/aromatic N) is 2. The van der Waals surface area contributed by atoms with Crippen LogP contribution in [0.15, 0.2) is 30.3 Å². The number of nitrogen functional groups attached to an aromatic ring is 1. The van der Waals surface area contributed by atoms with Gasteiger partial charge in [0.15, 0.2) is 5.75 Å². The summed E-state index contributed by atoms with van der Waals surface area (Å²) in [4.78, 5) is 8.17.